The summed E-state index contributed by atoms with van der Waals surface area (Å²) in [6.07, 6.45) is 7.38. The van der Waals surface area contributed by atoms with E-state index in [4.69, 9.17) is 10.6 Å². The van der Waals surface area contributed by atoms with Gasteiger partial charge in [-0.15, -0.1) is 0 Å². The molecule has 1 aromatic carbocycles. The first-order chi connectivity index (χ1) is 9.26. The van der Waals surface area contributed by atoms with Crippen LogP contribution in [-0.4, -0.2) is 7.11 Å². The Bertz CT molecular complexity index is 403. The Labute approximate surface area is 114 Å². The van der Waals surface area contributed by atoms with Crippen molar-refractivity contribution in [3.63, 3.8) is 0 Å². The molecule has 1 saturated carbocycles. The van der Waals surface area contributed by atoms with Gasteiger partial charge in [0.2, 0.25) is 0 Å². The molecule has 106 valence electrons. The summed E-state index contributed by atoms with van der Waals surface area (Å²) < 4.78 is 18.8. The topological polar surface area (TPSA) is 47.3 Å². The lowest BCUT2D eigenvalue weighted by molar-refractivity contribution is 0.327. The second-order valence-electron chi connectivity index (χ2n) is 5.29. The van der Waals surface area contributed by atoms with Crippen LogP contribution in [0.3, 0.4) is 0 Å². The van der Waals surface area contributed by atoms with Gasteiger partial charge in [0.1, 0.15) is 0 Å². The molecule has 2 rings (SSSR count). The average Bonchev–Trinajstić information content (AvgIpc) is 2.69. The maximum Gasteiger partial charge on any atom is 0.165 e. The van der Waals surface area contributed by atoms with Crippen molar-refractivity contribution in [2.24, 2.45) is 11.8 Å². The van der Waals surface area contributed by atoms with Crippen LogP contribution in [0, 0.1) is 11.7 Å². The van der Waals surface area contributed by atoms with Crippen molar-refractivity contribution >= 4 is 0 Å². The highest BCUT2D eigenvalue weighted by Crippen LogP contribution is 2.34. The third kappa shape index (κ3) is 3.45. The lowest BCUT2D eigenvalue weighted by Gasteiger charge is -2.26. The highest BCUT2D eigenvalue weighted by molar-refractivity contribution is 5.31. The van der Waals surface area contributed by atoms with E-state index in [0.717, 1.165) is 18.4 Å². The monoisotopic (exact) mass is 266 g/mol. The summed E-state index contributed by atoms with van der Waals surface area (Å²) in [4.78, 5) is 0. The Balaban J connectivity index is 2.18. The molecule has 1 atom stereocenters. The van der Waals surface area contributed by atoms with E-state index in [0.29, 0.717) is 5.92 Å². The Hall–Kier alpha value is -1.13. The molecule has 0 aromatic heterocycles. The lowest BCUT2D eigenvalue weighted by atomic mass is 9.87. The molecule has 1 aromatic rings. The van der Waals surface area contributed by atoms with Gasteiger partial charge in [0.05, 0.1) is 7.11 Å². The molecule has 0 aliphatic heterocycles. The lowest BCUT2D eigenvalue weighted by Crippen LogP contribution is -2.33. The molecule has 1 aliphatic rings. The van der Waals surface area contributed by atoms with Crippen molar-refractivity contribution in [3.05, 3.63) is 29.6 Å². The fraction of sp³-hybridized carbons (Fsp3) is 0.600. The predicted molar refractivity (Wildman–Crippen MR) is 74.2 cm³/mol. The summed E-state index contributed by atoms with van der Waals surface area (Å²) in [5.74, 6) is 6.14. The van der Waals surface area contributed by atoms with Gasteiger partial charge in [-0.2, -0.15) is 0 Å². The zero-order chi connectivity index (χ0) is 13.7. The maximum absolute atomic E-state index is 13.8. The van der Waals surface area contributed by atoms with Gasteiger partial charge in [-0.05, 0) is 36.5 Å². The van der Waals surface area contributed by atoms with Gasteiger partial charge >= 0.3 is 0 Å². The number of benzene rings is 1. The van der Waals surface area contributed by atoms with Gasteiger partial charge in [-0.3, -0.25) is 11.3 Å². The molecule has 1 aliphatic carbocycles. The first-order valence-electron chi connectivity index (χ1n) is 7.06. The maximum atomic E-state index is 13.8. The van der Waals surface area contributed by atoms with E-state index < -0.39 is 0 Å². The van der Waals surface area contributed by atoms with Gasteiger partial charge in [0, 0.05) is 6.04 Å². The van der Waals surface area contributed by atoms with Gasteiger partial charge in [0.25, 0.3) is 0 Å². The standard InChI is InChI=1S/C15H23FN2O/c1-19-14-9-8-12(10-13(14)16)15(18-17)11-6-4-2-3-5-7-11/h8-11,15,18H,2-7,17H2,1H3. The molecule has 0 bridgehead atoms. The third-order valence-corrected chi connectivity index (χ3v) is 4.09. The summed E-state index contributed by atoms with van der Waals surface area (Å²) in [6.45, 7) is 0. The van der Waals surface area contributed by atoms with E-state index in [1.807, 2.05) is 6.07 Å². The van der Waals surface area contributed by atoms with Crippen molar-refractivity contribution < 1.29 is 9.13 Å². The number of hydrazine groups is 1. The molecule has 1 unspecified atom stereocenters. The van der Waals surface area contributed by atoms with Crippen LogP contribution in [0.4, 0.5) is 4.39 Å². The average molecular weight is 266 g/mol. The van der Waals surface area contributed by atoms with Crippen LogP contribution >= 0.6 is 0 Å². The first-order valence-corrected chi connectivity index (χ1v) is 7.06. The molecule has 0 saturated heterocycles. The van der Waals surface area contributed by atoms with Gasteiger partial charge in [0.15, 0.2) is 11.6 Å². The molecular formula is C15H23FN2O. The summed E-state index contributed by atoms with van der Waals surface area (Å²) in [7, 11) is 1.47. The summed E-state index contributed by atoms with van der Waals surface area (Å²) in [5.41, 5.74) is 3.78. The van der Waals surface area contributed by atoms with Crippen LogP contribution in [0.25, 0.3) is 0 Å². The number of methoxy groups -OCH3 is 1. The molecule has 0 spiro atoms. The van der Waals surface area contributed by atoms with Crippen LogP contribution in [0.5, 0.6) is 5.75 Å². The van der Waals surface area contributed by atoms with E-state index in [2.05, 4.69) is 5.43 Å². The second-order valence-corrected chi connectivity index (χ2v) is 5.29. The smallest absolute Gasteiger partial charge is 0.165 e. The number of hydrogen-bond donors (Lipinski definition) is 2. The fourth-order valence-electron chi connectivity index (χ4n) is 3.02. The molecule has 0 radical (unpaired) electrons. The van der Waals surface area contributed by atoms with Crippen molar-refractivity contribution in [3.8, 4) is 5.75 Å². The minimum atomic E-state index is -0.325. The van der Waals surface area contributed by atoms with Crippen LogP contribution in [-0.2, 0) is 0 Å². The molecule has 1 fully saturated rings. The van der Waals surface area contributed by atoms with E-state index >= 15 is 0 Å². The normalized spacial score (nSPS) is 18.9. The minimum absolute atomic E-state index is 0.0264. The van der Waals surface area contributed by atoms with Crippen molar-refractivity contribution in [1.29, 1.82) is 0 Å². The van der Waals surface area contributed by atoms with Crippen molar-refractivity contribution in [1.82, 2.24) is 5.43 Å². The quantitative estimate of drug-likeness (QED) is 0.499. The molecule has 3 nitrogen and oxygen atoms in total. The van der Waals surface area contributed by atoms with Gasteiger partial charge in [-0.1, -0.05) is 31.7 Å². The van der Waals surface area contributed by atoms with Gasteiger partial charge in [-0.25, -0.2) is 4.39 Å². The number of ether oxygens (including phenoxy) is 1. The first kappa shape index (κ1) is 14.3. The zero-order valence-electron chi connectivity index (χ0n) is 11.5. The molecule has 0 heterocycles. The Kier molecular flexibility index (Phi) is 5.16. The Morgan fingerprint density at radius 3 is 2.47 bits per heavy atom. The number of rotatable bonds is 4. The summed E-state index contributed by atoms with van der Waals surface area (Å²) in [6, 6.07) is 5.13. The van der Waals surface area contributed by atoms with E-state index in [1.165, 1.54) is 38.9 Å². The molecule has 19 heavy (non-hydrogen) atoms. The number of nitrogens with one attached hydrogen (secondary N) is 1. The summed E-state index contributed by atoms with van der Waals surface area (Å²) in [5, 5.41) is 0. The van der Waals surface area contributed by atoms with Crippen LogP contribution in [0.1, 0.15) is 50.1 Å². The molecule has 4 heteroatoms. The summed E-state index contributed by atoms with van der Waals surface area (Å²) >= 11 is 0. The van der Waals surface area contributed by atoms with E-state index in [-0.39, 0.29) is 17.6 Å². The van der Waals surface area contributed by atoms with Crippen molar-refractivity contribution in [2.75, 3.05) is 7.11 Å². The van der Waals surface area contributed by atoms with Gasteiger partial charge < -0.3 is 4.74 Å². The highest BCUT2D eigenvalue weighted by Gasteiger charge is 2.24. The molecular weight excluding hydrogens is 243 g/mol. The fourth-order valence-corrected chi connectivity index (χ4v) is 3.02. The molecule has 3 N–H and O–H groups in total. The van der Waals surface area contributed by atoms with E-state index in [1.54, 1.807) is 6.07 Å². The third-order valence-electron chi connectivity index (χ3n) is 4.09. The van der Waals surface area contributed by atoms with E-state index in [9.17, 15) is 4.39 Å². The van der Waals surface area contributed by atoms with Crippen LogP contribution in [0.2, 0.25) is 0 Å². The number of nitrogens with two attached hydrogens (primary N) is 1. The number of hydrogen-bond acceptors (Lipinski definition) is 3. The second kappa shape index (κ2) is 6.87. The number of halogens is 1. The SMILES string of the molecule is COc1ccc(C(NN)C2CCCCCC2)cc1F. The molecule has 0 amide bonds. The predicted octanol–water partition coefficient (Wildman–Crippen LogP) is 3.31. The Morgan fingerprint density at radius 2 is 1.95 bits per heavy atom. The van der Waals surface area contributed by atoms with Crippen molar-refractivity contribution in [2.45, 2.75) is 44.6 Å². The Morgan fingerprint density at radius 1 is 1.26 bits per heavy atom. The largest absolute Gasteiger partial charge is 0.494 e. The minimum Gasteiger partial charge on any atom is -0.494 e. The van der Waals surface area contributed by atoms with Crippen LogP contribution < -0.4 is 16.0 Å². The zero-order valence-corrected chi connectivity index (χ0v) is 11.5. The highest BCUT2D eigenvalue weighted by atomic mass is 19.1. The van der Waals surface area contributed by atoms with Crippen LogP contribution in [0.15, 0.2) is 18.2 Å².